The molecule has 1 heterocycles. The van der Waals surface area contributed by atoms with Gasteiger partial charge in [-0.15, -0.1) is 0 Å². The molecule has 2 aliphatic rings. The highest BCUT2D eigenvalue weighted by Gasteiger charge is 2.51. The maximum atomic E-state index is 13.5. The Bertz CT molecular complexity index is 924. The number of benzene rings is 1. The lowest BCUT2D eigenvalue weighted by molar-refractivity contribution is -0.0261. The monoisotopic (exact) mass is 389 g/mol. The number of allylic oxidation sites excluding steroid dienone is 3. The second kappa shape index (κ2) is 7.55. The van der Waals surface area contributed by atoms with Crippen molar-refractivity contribution in [3.05, 3.63) is 72.3 Å². The van der Waals surface area contributed by atoms with Crippen LogP contribution in [0.3, 0.4) is 0 Å². The quantitative estimate of drug-likeness (QED) is 0.494. The molecule has 1 nitrogen and oxygen atoms in total. The van der Waals surface area contributed by atoms with E-state index in [-0.39, 0.29) is 11.2 Å². The summed E-state index contributed by atoms with van der Waals surface area (Å²) in [6.07, 6.45) is 15.1. The van der Waals surface area contributed by atoms with Crippen molar-refractivity contribution in [3.8, 4) is 11.1 Å². The molecule has 4 rings (SSSR count). The molecule has 2 heteroatoms. The van der Waals surface area contributed by atoms with Crippen LogP contribution < -0.4 is 0 Å². The van der Waals surface area contributed by atoms with Gasteiger partial charge < -0.3 is 0 Å². The lowest BCUT2D eigenvalue weighted by atomic mass is 9.48. The Balaban J connectivity index is 1.57. The molecule has 2 aromatic rings. The number of pyridine rings is 1. The fraction of sp³-hybridized carbons (Fsp3) is 0.444. The number of hydrogen-bond donors (Lipinski definition) is 0. The van der Waals surface area contributed by atoms with Crippen molar-refractivity contribution >= 4 is 6.08 Å². The van der Waals surface area contributed by atoms with Crippen LogP contribution in [0.2, 0.25) is 0 Å². The summed E-state index contributed by atoms with van der Waals surface area (Å²) in [6, 6.07) is 10.7. The maximum Gasteiger partial charge on any atom is 0.123 e. The summed E-state index contributed by atoms with van der Waals surface area (Å²) >= 11 is 0. The molecular formula is C27H32FN. The third kappa shape index (κ3) is 3.82. The summed E-state index contributed by atoms with van der Waals surface area (Å²) < 4.78 is 13.5. The molecule has 0 spiro atoms. The van der Waals surface area contributed by atoms with Crippen LogP contribution >= 0.6 is 0 Å². The molecular weight excluding hydrogens is 357 g/mol. The van der Waals surface area contributed by atoms with Gasteiger partial charge in [0.1, 0.15) is 5.82 Å². The molecule has 0 N–H and O–H groups in total. The zero-order valence-corrected chi connectivity index (χ0v) is 18.0. The lowest BCUT2D eigenvalue weighted by Crippen LogP contribution is -2.48. The Morgan fingerprint density at radius 1 is 1.07 bits per heavy atom. The molecule has 0 radical (unpaired) electrons. The van der Waals surface area contributed by atoms with Gasteiger partial charge >= 0.3 is 0 Å². The summed E-state index contributed by atoms with van der Waals surface area (Å²) in [4.78, 5) is 4.63. The molecule has 4 atom stereocenters. The normalized spacial score (nSPS) is 31.0. The van der Waals surface area contributed by atoms with Gasteiger partial charge in [0.2, 0.25) is 0 Å². The van der Waals surface area contributed by atoms with Crippen LogP contribution in [0.1, 0.15) is 52.7 Å². The van der Waals surface area contributed by atoms with Gasteiger partial charge in [-0.25, -0.2) is 4.39 Å². The van der Waals surface area contributed by atoms with Crippen LogP contribution in [0.5, 0.6) is 0 Å². The summed E-state index contributed by atoms with van der Waals surface area (Å²) in [5.74, 6) is 1.73. The van der Waals surface area contributed by atoms with Gasteiger partial charge in [0.05, 0.1) is 5.69 Å². The van der Waals surface area contributed by atoms with E-state index in [4.69, 9.17) is 0 Å². The van der Waals surface area contributed by atoms with Crippen LogP contribution in [0.15, 0.2) is 60.8 Å². The Labute approximate surface area is 174 Å². The van der Waals surface area contributed by atoms with E-state index in [0.29, 0.717) is 23.2 Å². The van der Waals surface area contributed by atoms with Gasteiger partial charge in [-0.1, -0.05) is 64.1 Å². The molecule has 1 aromatic heterocycles. The molecule has 0 saturated heterocycles. The van der Waals surface area contributed by atoms with Crippen LogP contribution in [0.25, 0.3) is 17.2 Å². The van der Waals surface area contributed by atoms with E-state index in [1.807, 2.05) is 24.4 Å². The standard InChI is InChI=1S/C27H32FN/c1-19-9-14-25-26(2,3)15-6-16-27(25,4)24(19)13-12-23-11-10-21(18-29-23)20-7-5-8-22(28)17-20/h5-8,10-13,15,17-19,24-25H,9,14,16H2,1-4H3/b13-12+/t19-,24+,25+,27-/m0/s1. The summed E-state index contributed by atoms with van der Waals surface area (Å²) in [5.41, 5.74) is 3.34. The van der Waals surface area contributed by atoms with E-state index in [1.165, 1.54) is 18.9 Å². The average Bonchev–Trinajstić information content (AvgIpc) is 2.67. The van der Waals surface area contributed by atoms with E-state index in [0.717, 1.165) is 23.2 Å². The van der Waals surface area contributed by atoms with Gasteiger partial charge in [0.15, 0.2) is 0 Å². The number of halogens is 1. The summed E-state index contributed by atoms with van der Waals surface area (Å²) in [6.45, 7) is 9.69. The highest BCUT2D eigenvalue weighted by Crippen LogP contribution is 2.59. The molecule has 29 heavy (non-hydrogen) atoms. The number of rotatable bonds is 3. The van der Waals surface area contributed by atoms with E-state index < -0.39 is 0 Å². The first-order chi connectivity index (χ1) is 13.8. The van der Waals surface area contributed by atoms with E-state index >= 15 is 0 Å². The van der Waals surface area contributed by atoms with Crippen molar-refractivity contribution in [2.75, 3.05) is 0 Å². The third-order valence-electron chi connectivity index (χ3n) is 7.50. The number of hydrogen-bond acceptors (Lipinski definition) is 1. The second-order valence-corrected chi connectivity index (χ2v) is 9.91. The smallest absolute Gasteiger partial charge is 0.123 e. The zero-order chi connectivity index (χ0) is 20.6. The first kappa shape index (κ1) is 20.1. The number of fused-ring (bicyclic) bond motifs is 1. The molecule has 0 aliphatic heterocycles. The fourth-order valence-corrected chi connectivity index (χ4v) is 6.01. The minimum atomic E-state index is -0.218. The van der Waals surface area contributed by atoms with Gasteiger partial charge in [-0.3, -0.25) is 4.98 Å². The van der Waals surface area contributed by atoms with Crippen molar-refractivity contribution in [2.24, 2.45) is 28.6 Å². The van der Waals surface area contributed by atoms with Crippen LogP contribution in [0.4, 0.5) is 4.39 Å². The van der Waals surface area contributed by atoms with Crippen LogP contribution in [-0.2, 0) is 0 Å². The Morgan fingerprint density at radius 2 is 1.90 bits per heavy atom. The van der Waals surface area contributed by atoms with Crippen LogP contribution in [0, 0.1) is 34.4 Å². The van der Waals surface area contributed by atoms with Gasteiger partial charge in [0.25, 0.3) is 0 Å². The van der Waals surface area contributed by atoms with E-state index in [2.05, 4.69) is 57.0 Å². The first-order valence-corrected chi connectivity index (χ1v) is 10.9. The minimum Gasteiger partial charge on any atom is -0.256 e. The number of nitrogens with zero attached hydrogens (tertiary/aromatic N) is 1. The minimum absolute atomic E-state index is 0.218. The second-order valence-electron chi connectivity index (χ2n) is 9.91. The van der Waals surface area contributed by atoms with Gasteiger partial charge in [0, 0.05) is 11.8 Å². The van der Waals surface area contributed by atoms with E-state index in [1.54, 1.807) is 12.1 Å². The first-order valence-electron chi connectivity index (χ1n) is 10.9. The highest BCUT2D eigenvalue weighted by molar-refractivity contribution is 5.63. The Morgan fingerprint density at radius 3 is 2.62 bits per heavy atom. The Hall–Kier alpha value is -2.22. The zero-order valence-electron chi connectivity index (χ0n) is 18.0. The third-order valence-corrected chi connectivity index (χ3v) is 7.50. The van der Waals surface area contributed by atoms with Crippen LogP contribution in [-0.4, -0.2) is 4.98 Å². The molecule has 0 amide bonds. The predicted molar refractivity (Wildman–Crippen MR) is 120 cm³/mol. The van der Waals surface area contributed by atoms with Crippen molar-refractivity contribution in [3.63, 3.8) is 0 Å². The summed E-state index contributed by atoms with van der Waals surface area (Å²) in [5, 5.41) is 0. The van der Waals surface area contributed by atoms with Gasteiger partial charge in [-0.05, 0) is 77.7 Å². The highest BCUT2D eigenvalue weighted by atomic mass is 19.1. The fourth-order valence-electron chi connectivity index (χ4n) is 6.01. The van der Waals surface area contributed by atoms with Crippen molar-refractivity contribution in [1.82, 2.24) is 4.98 Å². The van der Waals surface area contributed by atoms with E-state index in [9.17, 15) is 4.39 Å². The molecule has 152 valence electrons. The molecule has 2 aliphatic carbocycles. The molecule has 1 saturated carbocycles. The number of aromatic nitrogens is 1. The molecule has 0 bridgehead atoms. The molecule has 0 unspecified atom stereocenters. The SMILES string of the molecule is C[C@H]1CC[C@@H]2C(C)(C)C=CC[C@@]2(C)[C@@H]1/C=C/c1ccc(-c2cccc(F)c2)cn1. The topological polar surface area (TPSA) is 12.9 Å². The van der Waals surface area contributed by atoms with Gasteiger partial charge in [-0.2, -0.15) is 0 Å². The van der Waals surface area contributed by atoms with Crippen molar-refractivity contribution in [1.29, 1.82) is 0 Å². The average molecular weight is 390 g/mol. The van der Waals surface area contributed by atoms with Crippen molar-refractivity contribution < 1.29 is 4.39 Å². The predicted octanol–water partition coefficient (Wildman–Crippen LogP) is 7.56. The lowest BCUT2D eigenvalue weighted by Gasteiger charge is -2.56. The largest absolute Gasteiger partial charge is 0.256 e. The molecule has 1 aromatic carbocycles. The molecule has 1 fully saturated rings. The maximum absolute atomic E-state index is 13.5. The Kier molecular flexibility index (Phi) is 5.23. The summed E-state index contributed by atoms with van der Waals surface area (Å²) in [7, 11) is 0. The van der Waals surface area contributed by atoms with Crippen molar-refractivity contribution in [2.45, 2.75) is 47.0 Å².